The van der Waals surface area contributed by atoms with Crippen LogP contribution >= 0.6 is 0 Å². The summed E-state index contributed by atoms with van der Waals surface area (Å²) in [7, 11) is 0. The van der Waals surface area contributed by atoms with E-state index in [4.69, 9.17) is 4.74 Å². The third-order valence-corrected chi connectivity index (χ3v) is 5.29. The lowest BCUT2D eigenvalue weighted by atomic mass is 10.1. The zero-order valence-corrected chi connectivity index (χ0v) is 18.6. The topological polar surface area (TPSA) is 58.6 Å². The number of carbonyl (C=O) groups is 2. The Morgan fingerprint density at radius 2 is 1.77 bits per heavy atom. The van der Waals surface area contributed by atoms with Crippen molar-refractivity contribution in [3.8, 4) is 5.75 Å². The van der Waals surface area contributed by atoms with Gasteiger partial charge >= 0.3 is 0 Å². The Labute approximate surface area is 180 Å². The number of benzene rings is 2. The summed E-state index contributed by atoms with van der Waals surface area (Å²) in [5.41, 5.74) is 3.32. The lowest BCUT2D eigenvalue weighted by molar-refractivity contribution is -0.142. The van der Waals surface area contributed by atoms with Crippen molar-refractivity contribution in [1.29, 1.82) is 0 Å². The fourth-order valence-electron chi connectivity index (χ4n) is 3.14. The van der Waals surface area contributed by atoms with Crippen molar-refractivity contribution in [2.75, 3.05) is 13.2 Å². The van der Waals surface area contributed by atoms with E-state index < -0.39 is 6.04 Å². The molecule has 0 spiro atoms. The number of nitrogens with zero attached hydrogens (tertiary/aromatic N) is 1. The first kappa shape index (κ1) is 23.5. The van der Waals surface area contributed by atoms with Gasteiger partial charge < -0.3 is 15.0 Å². The summed E-state index contributed by atoms with van der Waals surface area (Å²) in [6, 6.07) is 15.1. The summed E-state index contributed by atoms with van der Waals surface area (Å²) in [4.78, 5) is 27.3. The number of carbonyl (C=O) groups excluding carboxylic acids is 2. The van der Waals surface area contributed by atoms with E-state index in [1.54, 1.807) is 11.8 Å². The van der Waals surface area contributed by atoms with E-state index in [0.29, 0.717) is 18.8 Å². The maximum Gasteiger partial charge on any atom is 0.261 e. The summed E-state index contributed by atoms with van der Waals surface area (Å²) >= 11 is 0. The standard InChI is InChI=1S/C25H34N2O3/c1-5-7-16-26-25(29)20(4)27(17-22-11-9-8-10-19(22)3)24(28)18-30-23-14-12-21(6-2)13-15-23/h8-15,20H,5-7,16-18H2,1-4H3,(H,26,29)/t20-/m1/s1. The summed E-state index contributed by atoms with van der Waals surface area (Å²) < 4.78 is 5.72. The van der Waals surface area contributed by atoms with Crippen LogP contribution in [0.4, 0.5) is 0 Å². The van der Waals surface area contributed by atoms with Crippen molar-refractivity contribution in [2.45, 2.75) is 59.5 Å². The van der Waals surface area contributed by atoms with E-state index in [9.17, 15) is 9.59 Å². The van der Waals surface area contributed by atoms with Gasteiger partial charge in [0.1, 0.15) is 11.8 Å². The third kappa shape index (κ3) is 6.90. The van der Waals surface area contributed by atoms with Crippen LogP contribution in [0.25, 0.3) is 0 Å². The Morgan fingerprint density at radius 3 is 2.40 bits per heavy atom. The van der Waals surface area contributed by atoms with Crippen molar-refractivity contribution in [2.24, 2.45) is 0 Å². The highest BCUT2D eigenvalue weighted by Crippen LogP contribution is 2.16. The predicted octanol–water partition coefficient (Wildman–Crippen LogP) is 4.27. The van der Waals surface area contributed by atoms with Crippen molar-refractivity contribution in [3.63, 3.8) is 0 Å². The second-order valence-corrected chi connectivity index (χ2v) is 7.55. The summed E-state index contributed by atoms with van der Waals surface area (Å²) in [6.45, 7) is 8.83. The van der Waals surface area contributed by atoms with E-state index in [1.807, 2.05) is 55.5 Å². The van der Waals surface area contributed by atoms with E-state index >= 15 is 0 Å². The molecule has 2 aromatic carbocycles. The first-order valence-electron chi connectivity index (χ1n) is 10.8. The van der Waals surface area contributed by atoms with Gasteiger partial charge in [-0.05, 0) is 55.5 Å². The minimum atomic E-state index is -0.583. The predicted molar refractivity (Wildman–Crippen MR) is 120 cm³/mol. The van der Waals surface area contributed by atoms with Gasteiger partial charge in [-0.2, -0.15) is 0 Å². The average molecular weight is 411 g/mol. The molecule has 0 heterocycles. The Kier molecular flexibility index (Phi) is 9.39. The van der Waals surface area contributed by atoms with Crippen LogP contribution in [0.15, 0.2) is 48.5 Å². The van der Waals surface area contributed by atoms with Crippen LogP contribution in [0.1, 0.15) is 50.3 Å². The zero-order valence-electron chi connectivity index (χ0n) is 18.6. The second-order valence-electron chi connectivity index (χ2n) is 7.55. The molecule has 0 saturated carbocycles. The Balaban J connectivity index is 2.10. The Bertz CT molecular complexity index is 817. The molecule has 0 aromatic heterocycles. The molecule has 0 radical (unpaired) electrons. The molecule has 2 aromatic rings. The van der Waals surface area contributed by atoms with Crippen molar-refractivity contribution < 1.29 is 14.3 Å². The highest BCUT2D eigenvalue weighted by atomic mass is 16.5. The van der Waals surface area contributed by atoms with Gasteiger partial charge in [-0.3, -0.25) is 9.59 Å². The summed E-state index contributed by atoms with van der Waals surface area (Å²) in [5.74, 6) is 0.296. The van der Waals surface area contributed by atoms with Gasteiger partial charge in [0.15, 0.2) is 6.61 Å². The lowest BCUT2D eigenvalue weighted by Crippen LogP contribution is -2.49. The Hall–Kier alpha value is -2.82. The number of rotatable bonds is 11. The SMILES string of the molecule is CCCCNC(=O)[C@@H](C)N(Cc1ccccc1C)C(=O)COc1ccc(CC)cc1. The van der Waals surface area contributed by atoms with Crippen LogP contribution < -0.4 is 10.1 Å². The summed E-state index contributed by atoms with van der Waals surface area (Å²) in [6.07, 6.45) is 2.88. The molecule has 1 N–H and O–H groups in total. The van der Waals surface area contributed by atoms with Gasteiger partial charge in [-0.15, -0.1) is 0 Å². The number of nitrogens with one attached hydrogen (secondary N) is 1. The molecule has 0 bridgehead atoms. The molecular formula is C25H34N2O3. The normalized spacial score (nSPS) is 11.6. The van der Waals surface area contributed by atoms with Crippen LogP contribution in [0.3, 0.4) is 0 Å². The van der Waals surface area contributed by atoms with Gasteiger partial charge in [0.25, 0.3) is 5.91 Å². The van der Waals surface area contributed by atoms with E-state index in [0.717, 1.165) is 30.4 Å². The minimum Gasteiger partial charge on any atom is -0.484 e. The molecule has 0 aliphatic carbocycles. The third-order valence-electron chi connectivity index (χ3n) is 5.29. The highest BCUT2D eigenvalue weighted by molar-refractivity contribution is 5.88. The molecular weight excluding hydrogens is 376 g/mol. The lowest BCUT2D eigenvalue weighted by Gasteiger charge is -2.29. The van der Waals surface area contributed by atoms with Gasteiger partial charge in [-0.1, -0.05) is 56.7 Å². The number of hydrogen-bond donors (Lipinski definition) is 1. The summed E-state index contributed by atoms with van der Waals surface area (Å²) in [5, 5.41) is 2.93. The molecule has 30 heavy (non-hydrogen) atoms. The molecule has 0 saturated heterocycles. The first-order valence-corrected chi connectivity index (χ1v) is 10.8. The molecule has 0 unspecified atom stereocenters. The van der Waals surface area contributed by atoms with Crippen LogP contribution in [-0.4, -0.2) is 35.9 Å². The highest BCUT2D eigenvalue weighted by Gasteiger charge is 2.26. The van der Waals surface area contributed by atoms with Crippen molar-refractivity contribution >= 4 is 11.8 Å². The van der Waals surface area contributed by atoms with E-state index in [-0.39, 0.29) is 18.4 Å². The van der Waals surface area contributed by atoms with E-state index in [1.165, 1.54) is 5.56 Å². The number of ether oxygens (including phenoxy) is 1. The fourth-order valence-corrected chi connectivity index (χ4v) is 3.14. The number of unbranched alkanes of at least 4 members (excludes halogenated alkanes) is 1. The number of aryl methyl sites for hydroxylation is 2. The molecule has 5 heteroatoms. The molecule has 2 amide bonds. The van der Waals surface area contributed by atoms with Crippen LogP contribution in [-0.2, 0) is 22.6 Å². The van der Waals surface area contributed by atoms with Crippen LogP contribution in [0.5, 0.6) is 5.75 Å². The van der Waals surface area contributed by atoms with Crippen LogP contribution in [0.2, 0.25) is 0 Å². The molecule has 0 aliphatic heterocycles. The molecule has 5 nitrogen and oxygen atoms in total. The van der Waals surface area contributed by atoms with Crippen molar-refractivity contribution in [3.05, 3.63) is 65.2 Å². The monoisotopic (exact) mass is 410 g/mol. The first-order chi connectivity index (χ1) is 14.5. The average Bonchev–Trinajstić information content (AvgIpc) is 2.77. The van der Waals surface area contributed by atoms with Gasteiger partial charge in [0.2, 0.25) is 5.91 Å². The molecule has 0 fully saturated rings. The molecule has 1 atom stereocenters. The number of amides is 2. The number of hydrogen-bond acceptors (Lipinski definition) is 3. The zero-order chi connectivity index (χ0) is 21.9. The smallest absolute Gasteiger partial charge is 0.261 e. The van der Waals surface area contributed by atoms with Gasteiger partial charge in [-0.25, -0.2) is 0 Å². The second kappa shape index (κ2) is 12.0. The maximum absolute atomic E-state index is 13.1. The van der Waals surface area contributed by atoms with Gasteiger partial charge in [0, 0.05) is 13.1 Å². The molecule has 162 valence electrons. The fraction of sp³-hybridized carbons (Fsp3) is 0.440. The largest absolute Gasteiger partial charge is 0.484 e. The van der Waals surface area contributed by atoms with Crippen molar-refractivity contribution in [1.82, 2.24) is 10.2 Å². The quantitative estimate of drug-likeness (QED) is 0.563. The van der Waals surface area contributed by atoms with Crippen LogP contribution in [0, 0.1) is 6.92 Å². The van der Waals surface area contributed by atoms with E-state index in [2.05, 4.69) is 19.2 Å². The van der Waals surface area contributed by atoms with Gasteiger partial charge in [0.05, 0.1) is 0 Å². The Morgan fingerprint density at radius 1 is 1.07 bits per heavy atom. The molecule has 2 rings (SSSR count). The minimum absolute atomic E-state index is 0.107. The maximum atomic E-state index is 13.1. The molecule has 0 aliphatic rings.